The van der Waals surface area contributed by atoms with Crippen LogP contribution < -0.4 is 0 Å². The monoisotopic (exact) mass is 894 g/mol. The second kappa shape index (κ2) is 21.6. The fourth-order valence-corrected chi connectivity index (χ4v) is 12.2. The van der Waals surface area contributed by atoms with Gasteiger partial charge in [0, 0.05) is 21.8 Å². The number of hydrogen-bond acceptors (Lipinski definition) is 4. The second-order valence-corrected chi connectivity index (χ2v) is 20.5. The van der Waals surface area contributed by atoms with Crippen LogP contribution in [0.15, 0.2) is 57.5 Å². The quantitative estimate of drug-likeness (QED) is 0.117. The molecule has 0 aliphatic heterocycles. The van der Waals surface area contributed by atoms with Crippen molar-refractivity contribution in [2.24, 2.45) is 35.5 Å². The normalized spacial score (nSPS) is 31.1. The summed E-state index contributed by atoms with van der Waals surface area (Å²) in [6, 6.07) is 16.9. The molecule has 0 N–H and O–H groups in total. The van der Waals surface area contributed by atoms with Gasteiger partial charge in [-0.15, -0.1) is 0 Å². The summed E-state index contributed by atoms with van der Waals surface area (Å²) in [5, 5.41) is 0. The van der Waals surface area contributed by atoms with Crippen molar-refractivity contribution in [3.05, 3.63) is 68.6 Å². The van der Waals surface area contributed by atoms with Gasteiger partial charge in [-0.2, -0.15) is 0 Å². The lowest BCUT2D eigenvalue weighted by molar-refractivity contribution is -0.168. The van der Waals surface area contributed by atoms with E-state index in [2.05, 4.69) is 94.2 Å². The first-order chi connectivity index (χ1) is 27.2. The van der Waals surface area contributed by atoms with Crippen LogP contribution in [-0.2, 0) is 30.3 Å². The third kappa shape index (κ3) is 12.0. The van der Waals surface area contributed by atoms with Crippen molar-refractivity contribution < 1.29 is 19.1 Å². The Morgan fingerprint density at radius 1 is 0.500 bits per heavy atom. The number of carbonyl (C=O) groups excluding carboxylic acids is 2. The van der Waals surface area contributed by atoms with Crippen molar-refractivity contribution in [1.82, 2.24) is 0 Å². The van der Waals surface area contributed by atoms with Gasteiger partial charge in [0.1, 0.15) is 11.2 Å². The molecule has 4 aliphatic carbocycles. The molecular weight excluding hydrogens is 824 g/mol. The van der Waals surface area contributed by atoms with Crippen LogP contribution in [0.4, 0.5) is 0 Å². The lowest BCUT2D eigenvalue weighted by Crippen LogP contribution is -2.38. The van der Waals surface area contributed by atoms with E-state index in [1.165, 1.54) is 77.0 Å². The number of halogens is 2. The van der Waals surface area contributed by atoms with Crippen LogP contribution in [0.3, 0.4) is 0 Å². The Morgan fingerprint density at radius 3 is 1.14 bits per heavy atom. The summed E-state index contributed by atoms with van der Waals surface area (Å²) in [7, 11) is 0. The van der Waals surface area contributed by atoms with Crippen LogP contribution in [0.1, 0.15) is 192 Å². The minimum Gasteiger partial charge on any atom is -0.454 e. The fraction of sp³-hybridized carbons (Fsp3) is 0.720. The number of carbonyl (C=O) groups is 2. The molecule has 6 heteroatoms. The summed E-state index contributed by atoms with van der Waals surface area (Å²) in [5.74, 6) is 4.91. The van der Waals surface area contributed by atoms with Gasteiger partial charge in [-0.25, -0.2) is 0 Å². The molecular formula is C50H72Br2O4. The largest absolute Gasteiger partial charge is 0.454 e. The number of ether oxygens (including phenoxy) is 2. The van der Waals surface area contributed by atoms with Gasteiger partial charge in [0.25, 0.3) is 0 Å². The number of benzene rings is 2. The molecule has 0 bridgehead atoms. The highest BCUT2D eigenvalue weighted by Gasteiger charge is 2.44. The zero-order valence-electron chi connectivity index (χ0n) is 34.9. The first kappa shape index (κ1) is 43.9. The Morgan fingerprint density at radius 2 is 0.821 bits per heavy atom. The standard InChI is InChI=1S/C50H72Br2O4/c1-3-9-37-13-17-39(18-14-37)41-29-33-49(34-30-41,43-21-25-45(51)26-22-43)55-47(53)11-7-5-6-8-12-48(54)56-50(44-23-27-46(52)28-24-44)35-31-42(32-36-50)40-19-15-38(10-4-2)16-20-40/h21-28,37-42H,3-20,29-36H2,1-2H3. The Labute approximate surface area is 357 Å². The van der Waals surface area contributed by atoms with Gasteiger partial charge < -0.3 is 9.47 Å². The number of rotatable bonds is 17. The van der Waals surface area contributed by atoms with Crippen molar-refractivity contribution >= 4 is 43.8 Å². The third-order valence-electron chi connectivity index (χ3n) is 15.1. The van der Waals surface area contributed by atoms with E-state index in [0.717, 1.165) is 133 Å². The maximum Gasteiger partial charge on any atom is 0.306 e. The van der Waals surface area contributed by atoms with Crippen LogP contribution in [-0.4, -0.2) is 11.9 Å². The van der Waals surface area contributed by atoms with E-state index in [1.54, 1.807) is 0 Å². The number of unbranched alkanes of at least 4 members (excludes halogenated alkanes) is 3. The molecule has 0 unspecified atom stereocenters. The minimum absolute atomic E-state index is 0.0769. The summed E-state index contributed by atoms with van der Waals surface area (Å²) >= 11 is 7.20. The Bertz CT molecular complexity index is 1360. The Hall–Kier alpha value is -1.66. The van der Waals surface area contributed by atoms with E-state index in [1.807, 2.05) is 0 Å². The zero-order valence-corrected chi connectivity index (χ0v) is 38.0. The van der Waals surface area contributed by atoms with E-state index < -0.39 is 11.2 Å². The van der Waals surface area contributed by atoms with E-state index in [-0.39, 0.29) is 11.9 Å². The molecule has 4 fully saturated rings. The van der Waals surface area contributed by atoms with E-state index in [0.29, 0.717) is 12.8 Å². The molecule has 4 nitrogen and oxygen atoms in total. The lowest BCUT2D eigenvalue weighted by atomic mass is 9.66. The van der Waals surface area contributed by atoms with Gasteiger partial charge in [0.05, 0.1) is 0 Å². The van der Waals surface area contributed by atoms with Gasteiger partial charge in [-0.3, -0.25) is 9.59 Å². The molecule has 310 valence electrons. The Kier molecular flexibility index (Phi) is 16.9. The third-order valence-corrected chi connectivity index (χ3v) is 16.1. The Balaban J connectivity index is 0.940. The summed E-state index contributed by atoms with van der Waals surface area (Å²) in [5.41, 5.74) is 1.24. The average Bonchev–Trinajstić information content (AvgIpc) is 3.21. The van der Waals surface area contributed by atoms with Gasteiger partial charge >= 0.3 is 11.9 Å². The van der Waals surface area contributed by atoms with Crippen molar-refractivity contribution in [3.63, 3.8) is 0 Å². The van der Waals surface area contributed by atoms with Gasteiger partial charge in [0.15, 0.2) is 0 Å². The van der Waals surface area contributed by atoms with Crippen LogP contribution in [0.25, 0.3) is 0 Å². The van der Waals surface area contributed by atoms with Crippen molar-refractivity contribution in [3.8, 4) is 0 Å². The summed E-state index contributed by atoms with van der Waals surface area (Å²) < 4.78 is 15.1. The molecule has 2 aromatic carbocycles. The highest BCUT2D eigenvalue weighted by atomic mass is 79.9. The molecule has 0 radical (unpaired) electrons. The summed E-state index contributed by atoms with van der Waals surface area (Å²) in [6.45, 7) is 4.64. The molecule has 0 heterocycles. The summed E-state index contributed by atoms with van der Waals surface area (Å²) in [6.07, 6.45) is 29.0. The van der Waals surface area contributed by atoms with Gasteiger partial charge in [0.2, 0.25) is 0 Å². The van der Waals surface area contributed by atoms with E-state index >= 15 is 0 Å². The topological polar surface area (TPSA) is 52.6 Å². The van der Waals surface area contributed by atoms with Crippen molar-refractivity contribution in [2.45, 2.75) is 192 Å². The minimum atomic E-state index is -0.518. The smallest absolute Gasteiger partial charge is 0.306 e. The lowest BCUT2D eigenvalue weighted by Gasteiger charge is -2.43. The predicted molar refractivity (Wildman–Crippen MR) is 236 cm³/mol. The van der Waals surface area contributed by atoms with Crippen LogP contribution >= 0.6 is 31.9 Å². The van der Waals surface area contributed by atoms with Gasteiger partial charge in [-0.1, -0.05) is 134 Å². The van der Waals surface area contributed by atoms with Crippen molar-refractivity contribution in [2.75, 3.05) is 0 Å². The fourth-order valence-electron chi connectivity index (χ4n) is 11.7. The second-order valence-electron chi connectivity index (χ2n) is 18.7. The maximum absolute atomic E-state index is 13.4. The van der Waals surface area contributed by atoms with Gasteiger partial charge in [-0.05, 0) is 161 Å². The first-order valence-electron chi connectivity index (χ1n) is 23.2. The van der Waals surface area contributed by atoms with Crippen LogP contribution in [0.2, 0.25) is 0 Å². The predicted octanol–water partition coefficient (Wildman–Crippen LogP) is 15.3. The molecule has 2 aromatic rings. The van der Waals surface area contributed by atoms with Crippen LogP contribution in [0.5, 0.6) is 0 Å². The molecule has 0 amide bonds. The van der Waals surface area contributed by atoms with E-state index in [4.69, 9.17) is 9.47 Å². The SMILES string of the molecule is CCCC1CCC(C2CCC(OC(=O)CCCCCCC(=O)OC3(c4ccc(Br)cc4)CCC(C4CCC(CCC)CC4)CC3)(c3ccc(Br)cc3)CC2)CC1. The molecule has 0 saturated heterocycles. The first-order valence-corrected chi connectivity index (χ1v) is 24.7. The van der Waals surface area contributed by atoms with Crippen LogP contribution in [0, 0.1) is 35.5 Å². The number of hydrogen-bond donors (Lipinski definition) is 0. The number of esters is 2. The molecule has 56 heavy (non-hydrogen) atoms. The molecule has 6 rings (SSSR count). The highest BCUT2D eigenvalue weighted by molar-refractivity contribution is 9.10. The highest BCUT2D eigenvalue weighted by Crippen LogP contribution is 2.50. The average molecular weight is 897 g/mol. The molecule has 0 atom stereocenters. The zero-order chi connectivity index (χ0) is 39.4. The molecule has 4 aliphatic rings. The van der Waals surface area contributed by atoms with E-state index in [9.17, 15) is 9.59 Å². The van der Waals surface area contributed by atoms with Crippen molar-refractivity contribution in [1.29, 1.82) is 0 Å². The molecule has 0 aromatic heterocycles. The molecule has 4 saturated carbocycles. The molecule has 0 spiro atoms. The summed E-state index contributed by atoms with van der Waals surface area (Å²) in [4.78, 5) is 26.9. The maximum atomic E-state index is 13.4.